The number of rotatable bonds is 5. The van der Waals surface area contributed by atoms with Crippen LogP contribution in [0.15, 0.2) is 54.6 Å². The van der Waals surface area contributed by atoms with Crippen molar-refractivity contribution in [2.24, 2.45) is 5.73 Å². The highest BCUT2D eigenvalue weighted by Gasteiger charge is 2.49. The van der Waals surface area contributed by atoms with Gasteiger partial charge in [0.15, 0.2) is 12.2 Å². The fourth-order valence-electron chi connectivity index (χ4n) is 1.97. The maximum absolute atomic E-state index is 11.8. The van der Waals surface area contributed by atoms with Gasteiger partial charge in [-0.3, -0.25) is 9.59 Å². The summed E-state index contributed by atoms with van der Waals surface area (Å²) in [6, 6.07) is 16.3. The Bertz CT molecular complexity index is 685. The molecule has 2 atom stereocenters. The van der Waals surface area contributed by atoms with Crippen LogP contribution in [0.1, 0.15) is 0 Å². The highest BCUT2D eigenvalue weighted by molar-refractivity contribution is 6.01. The lowest BCUT2D eigenvalue weighted by atomic mass is 10.2. The standard InChI is InChI=1S/C16H14N2O4/c17-15(19)13-14(22-13)16(20)18-10-6-8-12(9-7-10)21-11-4-2-1-3-5-11/h1-9,13-14H,(H2,17,19)(H,18,20)/t13-,14+/m0/s1. The number of ether oxygens (including phenoxy) is 2. The molecule has 1 fully saturated rings. The van der Waals surface area contributed by atoms with E-state index in [1.165, 1.54) is 0 Å². The molecule has 1 saturated heterocycles. The zero-order valence-corrected chi connectivity index (χ0v) is 11.6. The highest BCUT2D eigenvalue weighted by atomic mass is 16.6. The summed E-state index contributed by atoms with van der Waals surface area (Å²) in [5.74, 6) is 0.365. The smallest absolute Gasteiger partial charge is 0.256 e. The first-order chi connectivity index (χ1) is 10.6. The van der Waals surface area contributed by atoms with Crippen LogP contribution >= 0.6 is 0 Å². The van der Waals surface area contributed by atoms with Crippen molar-refractivity contribution in [2.75, 3.05) is 5.32 Å². The van der Waals surface area contributed by atoms with Crippen molar-refractivity contribution < 1.29 is 19.1 Å². The molecule has 112 valence electrons. The largest absolute Gasteiger partial charge is 0.457 e. The third-order valence-corrected chi connectivity index (χ3v) is 3.13. The molecule has 22 heavy (non-hydrogen) atoms. The van der Waals surface area contributed by atoms with Crippen LogP contribution in [0.3, 0.4) is 0 Å². The third-order valence-electron chi connectivity index (χ3n) is 3.13. The van der Waals surface area contributed by atoms with Crippen molar-refractivity contribution in [3.8, 4) is 11.5 Å². The first-order valence-electron chi connectivity index (χ1n) is 6.72. The molecule has 1 heterocycles. The lowest BCUT2D eigenvalue weighted by Gasteiger charge is -2.07. The lowest BCUT2D eigenvalue weighted by molar-refractivity contribution is -0.120. The van der Waals surface area contributed by atoms with Crippen molar-refractivity contribution in [2.45, 2.75) is 12.2 Å². The fraction of sp³-hybridized carbons (Fsp3) is 0.125. The van der Waals surface area contributed by atoms with Crippen LogP contribution in [0.2, 0.25) is 0 Å². The molecule has 0 unspecified atom stereocenters. The Morgan fingerprint density at radius 2 is 1.59 bits per heavy atom. The van der Waals surface area contributed by atoms with Crippen molar-refractivity contribution in [1.82, 2.24) is 0 Å². The number of carbonyl (C=O) groups is 2. The molecule has 1 aliphatic heterocycles. The minimum absolute atomic E-state index is 0.388. The van der Waals surface area contributed by atoms with E-state index in [0.717, 1.165) is 5.75 Å². The lowest BCUT2D eigenvalue weighted by Crippen LogP contribution is -2.26. The molecular weight excluding hydrogens is 284 g/mol. The summed E-state index contributed by atoms with van der Waals surface area (Å²) in [4.78, 5) is 22.6. The van der Waals surface area contributed by atoms with E-state index >= 15 is 0 Å². The van der Waals surface area contributed by atoms with Crippen LogP contribution in [0.4, 0.5) is 5.69 Å². The van der Waals surface area contributed by atoms with Crippen LogP contribution in [0.5, 0.6) is 11.5 Å². The molecule has 2 amide bonds. The minimum Gasteiger partial charge on any atom is -0.457 e. The number of amides is 2. The highest BCUT2D eigenvalue weighted by Crippen LogP contribution is 2.25. The van der Waals surface area contributed by atoms with Gasteiger partial charge in [0.2, 0.25) is 5.91 Å². The number of carbonyl (C=O) groups excluding carboxylic acids is 2. The van der Waals surface area contributed by atoms with Crippen molar-refractivity contribution in [3.05, 3.63) is 54.6 Å². The van der Waals surface area contributed by atoms with Gasteiger partial charge in [0, 0.05) is 5.69 Å². The molecule has 3 N–H and O–H groups in total. The van der Waals surface area contributed by atoms with Crippen LogP contribution in [-0.4, -0.2) is 24.0 Å². The van der Waals surface area contributed by atoms with Gasteiger partial charge >= 0.3 is 0 Å². The van der Waals surface area contributed by atoms with Gasteiger partial charge in [-0.05, 0) is 36.4 Å². The van der Waals surface area contributed by atoms with Crippen LogP contribution < -0.4 is 15.8 Å². The summed E-state index contributed by atoms with van der Waals surface area (Å²) in [6.07, 6.45) is -1.61. The molecule has 0 bridgehead atoms. The maximum Gasteiger partial charge on any atom is 0.256 e. The Hall–Kier alpha value is -2.86. The number of epoxide rings is 1. The van der Waals surface area contributed by atoms with E-state index < -0.39 is 18.1 Å². The number of para-hydroxylation sites is 1. The predicted octanol–water partition coefficient (Wildman–Crippen LogP) is 1.67. The Labute approximate surface area is 126 Å². The zero-order chi connectivity index (χ0) is 15.5. The van der Waals surface area contributed by atoms with Crippen LogP contribution in [0, 0.1) is 0 Å². The number of nitrogens with one attached hydrogen (secondary N) is 1. The molecule has 0 radical (unpaired) electrons. The minimum atomic E-state index is -0.819. The second kappa shape index (κ2) is 5.87. The van der Waals surface area contributed by atoms with Gasteiger partial charge in [-0.2, -0.15) is 0 Å². The average Bonchev–Trinajstić information content (AvgIpc) is 3.31. The summed E-state index contributed by atoms with van der Waals surface area (Å²) >= 11 is 0. The van der Waals surface area contributed by atoms with Crippen molar-refractivity contribution >= 4 is 17.5 Å². The van der Waals surface area contributed by atoms with Gasteiger partial charge in [0.05, 0.1) is 0 Å². The number of primary amides is 1. The first kappa shape index (κ1) is 14.1. The molecule has 6 heteroatoms. The molecule has 3 rings (SSSR count). The molecule has 2 aromatic rings. The maximum atomic E-state index is 11.8. The average molecular weight is 298 g/mol. The van der Waals surface area contributed by atoms with Crippen LogP contribution in [-0.2, 0) is 14.3 Å². The fourth-order valence-corrected chi connectivity index (χ4v) is 1.97. The summed E-state index contributed by atoms with van der Waals surface area (Å²) < 4.78 is 10.6. The number of nitrogens with two attached hydrogens (primary N) is 1. The Morgan fingerprint density at radius 1 is 0.955 bits per heavy atom. The summed E-state index contributed by atoms with van der Waals surface area (Å²) in [6.45, 7) is 0. The number of anilines is 1. The monoisotopic (exact) mass is 298 g/mol. The van der Waals surface area contributed by atoms with E-state index in [9.17, 15) is 9.59 Å². The molecule has 0 saturated carbocycles. The van der Waals surface area contributed by atoms with Crippen LogP contribution in [0.25, 0.3) is 0 Å². The second-order valence-corrected chi connectivity index (χ2v) is 4.81. The van der Waals surface area contributed by atoms with Gasteiger partial charge < -0.3 is 20.5 Å². The van der Waals surface area contributed by atoms with E-state index in [4.69, 9.17) is 15.2 Å². The Balaban J connectivity index is 1.58. The van der Waals surface area contributed by atoms with Crippen molar-refractivity contribution in [1.29, 1.82) is 0 Å². The van der Waals surface area contributed by atoms with Gasteiger partial charge in [0.25, 0.3) is 5.91 Å². The summed E-state index contributed by atoms with van der Waals surface area (Å²) in [5.41, 5.74) is 5.64. The number of benzene rings is 2. The second-order valence-electron chi connectivity index (χ2n) is 4.81. The molecular formula is C16H14N2O4. The van der Waals surface area contributed by atoms with Gasteiger partial charge in [-0.15, -0.1) is 0 Å². The molecule has 1 aliphatic rings. The summed E-state index contributed by atoms with van der Waals surface area (Å²) in [5, 5.41) is 2.65. The van der Waals surface area contributed by atoms with E-state index in [1.807, 2.05) is 30.3 Å². The number of hydrogen-bond acceptors (Lipinski definition) is 4. The zero-order valence-electron chi connectivity index (χ0n) is 11.6. The van der Waals surface area contributed by atoms with Crippen molar-refractivity contribution in [3.63, 3.8) is 0 Å². The molecule has 2 aromatic carbocycles. The Morgan fingerprint density at radius 3 is 2.18 bits per heavy atom. The summed E-state index contributed by atoms with van der Waals surface area (Å²) in [7, 11) is 0. The first-order valence-corrected chi connectivity index (χ1v) is 6.72. The third kappa shape index (κ3) is 3.24. The predicted molar refractivity (Wildman–Crippen MR) is 79.4 cm³/mol. The van der Waals surface area contributed by atoms with Gasteiger partial charge in [-0.1, -0.05) is 18.2 Å². The molecule has 0 spiro atoms. The topological polar surface area (TPSA) is 94.0 Å². The van der Waals surface area contributed by atoms with E-state index in [2.05, 4.69) is 5.32 Å². The SMILES string of the molecule is NC(=O)[C@H]1O[C@H]1C(=O)Nc1ccc(Oc2ccccc2)cc1. The normalized spacial score (nSPS) is 19.3. The van der Waals surface area contributed by atoms with Gasteiger partial charge in [0.1, 0.15) is 11.5 Å². The number of hydrogen-bond donors (Lipinski definition) is 2. The van der Waals surface area contributed by atoms with E-state index in [1.54, 1.807) is 24.3 Å². The van der Waals surface area contributed by atoms with E-state index in [-0.39, 0.29) is 5.91 Å². The van der Waals surface area contributed by atoms with E-state index in [0.29, 0.717) is 11.4 Å². The molecule has 0 aromatic heterocycles. The molecule has 0 aliphatic carbocycles. The Kier molecular flexibility index (Phi) is 3.76. The molecule has 6 nitrogen and oxygen atoms in total. The quantitative estimate of drug-likeness (QED) is 0.821. The van der Waals surface area contributed by atoms with Gasteiger partial charge in [-0.25, -0.2) is 0 Å².